The Hall–Kier alpha value is -1.71. The van der Waals surface area contributed by atoms with Crippen molar-refractivity contribution in [1.82, 2.24) is 4.90 Å². The molecule has 2 N–H and O–H groups in total. The van der Waals surface area contributed by atoms with Gasteiger partial charge in [0.2, 0.25) is 5.91 Å². The van der Waals surface area contributed by atoms with Crippen LogP contribution in [0.2, 0.25) is 0 Å². The number of nitrogens with two attached hydrogens (primary N) is 1. The standard InChI is InChI=1S/C17H26N2O2/c1-19(13-14-7-3-2-4-8-14)17(20)11-12-21-16-10-6-5-9-15(16)18/h5-6,9-10,14H,2-4,7-8,11-13,18H2,1H3. The number of carbonyl (C=O) groups excluding carboxylic acids is 1. The molecule has 0 atom stereocenters. The molecule has 0 radical (unpaired) electrons. The molecule has 0 unspecified atom stereocenters. The molecule has 1 fully saturated rings. The number of amides is 1. The summed E-state index contributed by atoms with van der Waals surface area (Å²) in [5.74, 6) is 1.48. The van der Waals surface area contributed by atoms with E-state index in [1.807, 2.05) is 30.1 Å². The number of carbonyl (C=O) groups is 1. The van der Waals surface area contributed by atoms with Gasteiger partial charge in [-0.3, -0.25) is 4.79 Å². The van der Waals surface area contributed by atoms with Crippen LogP contribution in [-0.4, -0.2) is 31.0 Å². The highest BCUT2D eigenvalue weighted by Crippen LogP contribution is 2.24. The number of hydrogen-bond donors (Lipinski definition) is 1. The van der Waals surface area contributed by atoms with E-state index in [1.165, 1.54) is 32.1 Å². The maximum atomic E-state index is 12.1. The molecular formula is C17H26N2O2. The van der Waals surface area contributed by atoms with Crippen LogP contribution >= 0.6 is 0 Å². The summed E-state index contributed by atoms with van der Waals surface area (Å²) < 4.78 is 5.58. The Balaban J connectivity index is 1.70. The van der Waals surface area contributed by atoms with Gasteiger partial charge in [-0.15, -0.1) is 0 Å². The minimum absolute atomic E-state index is 0.148. The topological polar surface area (TPSA) is 55.6 Å². The third-order valence-electron chi connectivity index (χ3n) is 4.18. The van der Waals surface area contributed by atoms with E-state index in [9.17, 15) is 4.79 Å². The average molecular weight is 290 g/mol. The zero-order chi connectivity index (χ0) is 15.1. The molecule has 21 heavy (non-hydrogen) atoms. The quantitative estimate of drug-likeness (QED) is 0.819. The van der Waals surface area contributed by atoms with Crippen molar-refractivity contribution in [3.8, 4) is 5.75 Å². The summed E-state index contributed by atoms with van der Waals surface area (Å²) in [6.07, 6.45) is 6.88. The number of benzene rings is 1. The average Bonchev–Trinajstić information content (AvgIpc) is 2.50. The molecule has 1 aromatic rings. The molecule has 0 aromatic heterocycles. The molecule has 1 aliphatic rings. The predicted octanol–water partition coefficient (Wildman–Crippen LogP) is 3.08. The van der Waals surface area contributed by atoms with Crippen LogP contribution in [0.3, 0.4) is 0 Å². The van der Waals surface area contributed by atoms with Crippen molar-refractivity contribution in [3.63, 3.8) is 0 Å². The number of nitrogen functional groups attached to an aromatic ring is 1. The summed E-state index contributed by atoms with van der Waals surface area (Å²) in [5.41, 5.74) is 6.41. The van der Waals surface area contributed by atoms with Gasteiger partial charge in [-0.2, -0.15) is 0 Å². The smallest absolute Gasteiger partial charge is 0.225 e. The van der Waals surface area contributed by atoms with E-state index in [0.717, 1.165) is 6.54 Å². The van der Waals surface area contributed by atoms with Crippen molar-refractivity contribution in [2.45, 2.75) is 38.5 Å². The van der Waals surface area contributed by atoms with Crippen LogP contribution < -0.4 is 10.5 Å². The Kier molecular flexibility index (Phi) is 5.90. The zero-order valence-electron chi connectivity index (χ0n) is 12.9. The Morgan fingerprint density at radius 1 is 1.29 bits per heavy atom. The van der Waals surface area contributed by atoms with Crippen LogP contribution in [-0.2, 0) is 4.79 Å². The van der Waals surface area contributed by atoms with Gasteiger partial charge in [0.15, 0.2) is 0 Å². The van der Waals surface area contributed by atoms with E-state index >= 15 is 0 Å². The van der Waals surface area contributed by atoms with Gasteiger partial charge < -0.3 is 15.4 Å². The number of ether oxygens (including phenoxy) is 1. The zero-order valence-corrected chi connectivity index (χ0v) is 12.9. The van der Waals surface area contributed by atoms with Gasteiger partial charge in [-0.25, -0.2) is 0 Å². The summed E-state index contributed by atoms with van der Waals surface area (Å²) in [5, 5.41) is 0. The molecule has 1 aliphatic carbocycles. The normalized spacial score (nSPS) is 15.7. The minimum atomic E-state index is 0.148. The molecule has 0 aliphatic heterocycles. The van der Waals surface area contributed by atoms with Gasteiger partial charge >= 0.3 is 0 Å². The molecule has 116 valence electrons. The van der Waals surface area contributed by atoms with Crippen molar-refractivity contribution in [2.75, 3.05) is 25.9 Å². The Morgan fingerprint density at radius 2 is 2.00 bits per heavy atom. The van der Waals surface area contributed by atoms with Gasteiger partial charge in [-0.05, 0) is 30.9 Å². The van der Waals surface area contributed by atoms with Gasteiger partial charge in [0, 0.05) is 13.6 Å². The predicted molar refractivity (Wildman–Crippen MR) is 85.2 cm³/mol. The molecule has 1 amide bonds. The van der Waals surface area contributed by atoms with Crippen molar-refractivity contribution >= 4 is 11.6 Å². The lowest BCUT2D eigenvalue weighted by Crippen LogP contribution is -2.33. The van der Waals surface area contributed by atoms with Gasteiger partial charge in [-0.1, -0.05) is 31.4 Å². The monoisotopic (exact) mass is 290 g/mol. The van der Waals surface area contributed by atoms with E-state index in [2.05, 4.69) is 0 Å². The highest BCUT2D eigenvalue weighted by molar-refractivity contribution is 5.76. The Labute approximate surface area is 127 Å². The Bertz CT molecular complexity index is 456. The van der Waals surface area contributed by atoms with Crippen molar-refractivity contribution in [1.29, 1.82) is 0 Å². The van der Waals surface area contributed by atoms with E-state index < -0.39 is 0 Å². The van der Waals surface area contributed by atoms with Crippen molar-refractivity contribution < 1.29 is 9.53 Å². The molecule has 4 heteroatoms. The van der Waals surface area contributed by atoms with E-state index in [-0.39, 0.29) is 5.91 Å². The minimum Gasteiger partial charge on any atom is -0.491 e. The second-order valence-electron chi connectivity index (χ2n) is 5.91. The lowest BCUT2D eigenvalue weighted by molar-refractivity contribution is -0.131. The molecule has 0 saturated heterocycles. The molecule has 1 saturated carbocycles. The first-order chi connectivity index (χ1) is 10.2. The molecule has 2 rings (SSSR count). The maximum Gasteiger partial charge on any atom is 0.225 e. The highest BCUT2D eigenvalue weighted by atomic mass is 16.5. The summed E-state index contributed by atoms with van der Waals surface area (Å²) in [6, 6.07) is 7.37. The first-order valence-corrected chi connectivity index (χ1v) is 7.88. The van der Waals surface area contributed by atoms with Gasteiger partial charge in [0.1, 0.15) is 5.75 Å². The molecular weight excluding hydrogens is 264 g/mol. The van der Waals surface area contributed by atoms with Crippen molar-refractivity contribution in [3.05, 3.63) is 24.3 Å². The largest absolute Gasteiger partial charge is 0.491 e. The third kappa shape index (κ3) is 4.96. The first kappa shape index (κ1) is 15.7. The summed E-state index contributed by atoms with van der Waals surface area (Å²) in [6.45, 7) is 1.26. The lowest BCUT2D eigenvalue weighted by atomic mass is 9.89. The van der Waals surface area contributed by atoms with Crippen LogP contribution in [0, 0.1) is 5.92 Å². The summed E-state index contributed by atoms with van der Waals surface area (Å²) in [4.78, 5) is 14.0. The molecule has 1 aromatic carbocycles. The first-order valence-electron chi connectivity index (χ1n) is 7.88. The molecule has 0 spiro atoms. The van der Waals surface area contributed by atoms with E-state index in [0.29, 0.717) is 30.4 Å². The lowest BCUT2D eigenvalue weighted by Gasteiger charge is -2.27. The fourth-order valence-electron chi connectivity index (χ4n) is 2.91. The summed E-state index contributed by atoms with van der Waals surface area (Å²) >= 11 is 0. The third-order valence-corrected chi connectivity index (χ3v) is 4.18. The van der Waals surface area contributed by atoms with Crippen LogP contribution in [0.15, 0.2) is 24.3 Å². The van der Waals surface area contributed by atoms with E-state index in [1.54, 1.807) is 6.07 Å². The Morgan fingerprint density at radius 3 is 2.71 bits per heavy atom. The van der Waals surface area contributed by atoms with Gasteiger partial charge in [0.05, 0.1) is 18.7 Å². The van der Waals surface area contributed by atoms with Crippen LogP contribution in [0.5, 0.6) is 5.75 Å². The number of rotatable bonds is 6. The highest BCUT2D eigenvalue weighted by Gasteiger charge is 2.18. The molecule has 0 bridgehead atoms. The number of para-hydroxylation sites is 2. The van der Waals surface area contributed by atoms with Gasteiger partial charge in [0.25, 0.3) is 0 Å². The fourth-order valence-corrected chi connectivity index (χ4v) is 2.91. The second kappa shape index (κ2) is 7.91. The fraction of sp³-hybridized carbons (Fsp3) is 0.588. The SMILES string of the molecule is CN(CC1CCCCC1)C(=O)CCOc1ccccc1N. The number of anilines is 1. The second-order valence-corrected chi connectivity index (χ2v) is 5.91. The number of hydrogen-bond acceptors (Lipinski definition) is 3. The van der Waals surface area contributed by atoms with Crippen molar-refractivity contribution in [2.24, 2.45) is 5.92 Å². The molecule has 4 nitrogen and oxygen atoms in total. The van der Waals surface area contributed by atoms with Crippen LogP contribution in [0.4, 0.5) is 5.69 Å². The van der Waals surface area contributed by atoms with Crippen LogP contribution in [0.25, 0.3) is 0 Å². The van der Waals surface area contributed by atoms with Crippen LogP contribution in [0.1, 0.15) is 38.5 Å². The van der Waals surface area contributed by atoms with E-state index in [4.69, 9.17) is 10.5 Å². The summed E-state index contributed by atoms with van der Waals surface area (Å²) in [7, 11) is 1.90. The number of nitrogens with zero attached hydrogens (tertiary/aromatic N) is 1. The maximum absolute atomic E-state index is 12.1. The molecule has 0 heterocycles.